The van der Waals surface area contributed by atoms with E-state index in [-0.39, 0.29) is 9.92 Å². The molecule has 3 aromatic rings. The molecular weight excluding hydrogens is 443 g/mol. The van der Waals surface area contributed by atoms with Crippen molar-refractivity contribution >= 4 is 37.9 Å². The number of hydrogen-bond donors (Lipinski definition) is 0. The van der Waals surface area contributed by atoms with Gasteiger partial charge in [0.1, 0.15) is 5.82 Å². The summed E-state index contributed by atoms with van der Waals surface area (Å²) < 4.78 is 39.2. The van der Waals surface area contributed by atoms with Crippen LogP contribution in [0.5, 0.6) is 0 Å². The van der Waals surface area contributed by atoms with Crippen LogP contribution >= 0.6 is 22.9 Å². The number of nitrogens with zero attached hydrogens (tertiary/aromatic N) is 2. The highest BCUT2D eigenvalue weighted by Crippen LogP contribution is 2.33. The Morgan fingerprint density at radius 3 is 2.50 bits per heavy atom. The van der Waals surface area contributed by atoms with Crippen molar-refractivity contribution in [3.63, 3.8) is 0 Å². The van der Waals surface area contributed by atoms with Crippen LogP contribution in [0.2, 0.25) is 5.02 Å². The Morgan fingerprint density at radius 2 is 1.87 bits per heavy atom. The van der Waals surface area contributed by atoms with E-state index in [0.29, 0.717) is 25.9 Å². The maximum Gasteiger partial charge on any atom is 0.185 e. The van der Waals surface area contributed by atoms with Crippen molar-refractivity contribution in [3.8, 4) is 11.3 Å². The molecule has 158 valence electrons. The van der Waals surface area contributed by atoms with Crippen LogP contribution in [0.4, 0.5) is 9.52 Å². The first-order valence-electron chi connectivity index (χ1n) is 9.87. The lowest BCUT2D eigenvalue weighted by Gasteiger charge is -2.31. The van der Waals surface area contributed by atoms with Gasteiger partial charge in [0, 0.05) is 24.0 Å². The number of anilines is 1. The van der Waals surface area contributed by atoms with E-state index in [4.69, 9.17) is 16.6 Å². The first kappa shape index (κ1) is 21.3. The molecule has 1 aliphatic rings. The monoisotopic (exact) mass is 464 g/mol. The maximum absolute atomic E-state index is 13.3. The topological polar surface area (TPSA) is 50.3 Å². The predicted octanol–water partition coefficient (Wildman–Crippen LogP) is 5.61. The van der Waals surface area contributed by atoms with Crippen LogP contribution in [-0.4, -0.2) is 31.7 Å². The molecule has 4 rings (SSSR count). The number of hydrogen-bond acceptors (Lipinski definition) is 5. The summed E-state index contributed by atoms with van der Waals surface area (Å²) in [4.78, 5) is 6.90. The lowest BCUT2D eigenvalue weighted by molar-refractivity contribution is 0.529. The highest BCUT2D eigenvalue weighted by molar-refractivity contribution is 7.92. The second kappa shape index (κ2) is 8.65. The number of sulfone groups is 1. The molecule has 0 unspecified atom stereocenters. The van der Waals surface area contributed by atoms with Gasteiger partial charge in [-0.1, -0.05) is 42.8 Å². The van der Waals surface area contributed by atoms with E-state index in [1.54, 1.807) is 11.3 Å². The van der Waals surface area contributed by atoms with Gasteiger partial charge >= 0.3 is 0 Å². The van der Waals surface area contributed by atoms with Gasteiger partial charge in [-0.3, -0.25) is 0 Å². The number of thiazole rings is 1. The smallest absolute Gasteiger partial charge is 0.185 e. The zero-order valence-electron chi connectivity index (χ0n) is 16.5. The summed E-state index contributed by atoms with van der Waals surface area (Å²) in [6.45, 7) is 3.33. The lowest BCUT2D eigenvalue weighted by Crippen LogP contribution is -2.39. The highest BCUT2D eigenvalue weighted by Gasteiger charge is 2.33. The number of aromatic nitrogens is 1. The number of rotatable bonds is 5. The predicted molar refractivity (Wildman–Crippen MR) is 121 cm³/mol. The molecule has 0 amide bonds. The molecule has 0 radical (unpaired) electrons. The summed E-state index contributed by atoms with van der Waals surface area (Å²) in [6.07, 6.45) is 1.97. The molecule has 2 aromatic carbocycles. The largest absolute Gasteiger partial charge is 0.348 e. The van der Waals surface area contributed by atoms with Crippen molar-refractivity contribution in [2.45, 2.75) is 36.3 Å². The Bertz CT molecular complexity index is 1140. The summed E-state index contributed by atoms with van der Waals surface area (Å²) in [5, 5.41) is 2.35. The van der Waals surface area contributed by atoms with Crippen molar-refractivity contribution in [1.82, 2.24) is 4.98 Å². The summed E-state index contributed by atoms with van der Waals surface area (Å²) in [6, 6.07) is 11.9. The third kappa shape index (κ3) is 4.24. The fourth-order valence-electron chi connectivity index (χ4n) is 3.70. The lowest BCUT2D eigenvalue weighted by atomic mass is 10.1. The molecular formula is C22H22ClFN2O2S2. The molecule has 0 spiro atoms. The van der Waals surface area contributed by atoms with Gasteiger partial charge in [-0.15, -0.1) is 11.3 Å². The minimum Gasteiger partial charge on any atom is -0.348 e. The number of halogens is 2. The van der Waals surface area contributed by atoms with Crippen LogP contribution in [-0.2, 0) is 16.3 Å². The zero-order valence-corrected chi connectivity index (χ0v) is 18.9. The molecule has 30 heavy (non-hydrogen) atoms. The van der Waals surface area contributed by atoms with Crippen LogP contribution in [0.1, 0.15) is 25.3 Å². The van der Waals surface area contributed by atoms with E-state index >= 15 is 0 Å². The van der Waals surface area contributed by atoms with Gasteiger partial charge in [0.2, 0.25) is 0 Å². The van der Waals surface area contributed by atoms with Gasteiger partial charge in [0.25, 0.3) is 0 Å². The molecule has 1 aromatic heterocycles. The van der Waals surface area contributed by atoms with Crippen molar-refractivity contribution in [2.24, 2.45) is 0 Å². The van der Waals surface area contributed by atoms with E-state index in [9.17, 15) is 12.8 Å². The third-order valence-electron chi connectivity index (χ3n) is 5.50. The Hall–Kier alpha value is -1.96. The van der Waals surface area contributed by atoms with Crippen LogP contribution < -0.4 is 4.90 Å². The SMILES string of the molecule is CCc1ccc(-c2csc(N3CCC(S(=O)(=O)c4ccc(F)cc4Cl)CC3)n2)cc1. The van der Waals surface area contributed by atoms with Gasteiger partial charge in [0.05, 0.1) is 20.9 Å². The quantitative estimate of drug-likeness (QED) is 0.460. The van der Waals surface area contributed by atoms with E-state index in [1.165, 1.54) is 11.6 Å². The summed E-state index contributed by atoms with van der Waals surface area (Å²) in [5.41, 5.74) is 3.31. The van der Waals surface area contributed by atoms with Crippen LogP contribution in [0.25, 0.3) is 11.3 Å². The molecule has 2 heterocycles. The molecule has 4 nitrogen and oxygen atoms in total. The number of piperidine rings is 1. The van der Waals surface area contributed by atoms with E-state index < -0.39 is 20.9 Å². The molecule has 0 aliphatic carbocycles. The van der Waals surface area contributed by atoms with Crippen molar-refractivity contribution in [3.05, 3.63) is 64.2 Å². The molecule has 0 atom stereocenters. The molecule has 1 saturated heterocycles. The maximum atomic E-state index is 13.3. The standard InChI is InChI=1S/C22H22ClFN2O2S2/c1-2-15-3-5-16(6-4-15)20-14-29-22(25-20)26-11-9-18(10-12-26)30(27,28)21-8-7-17(24)13-19(21)23/h3-8,13-14,18H,2,9-12H2,1H3. The van der Waals surface area contributed by atoms with Gasteiger partial charge in [-0.25, -0.2) is 17.8 Å². The van der Waals surface area contributed by atoms with Crippen molar-refractivity contribution in [1.29, 1.82) is 0 Å². The Balaban J connectivity index is 1.45. The number of benzene rings is 2. The van der Waals surface area contributed by atoms with Crippen molar-refractivity contribution < 1.29 is 12.8 Å². The first-order valence-corrected chi connectivity index (χ1v) is 12.7. The van der Waals surface area contributed by atoms with Gasteiger partial charge in [0.15, 0.2) is 15.0 Å². The Morgan fingerprint density at radius 1 is 1.17 bits per heavy atom. The average molecular weight is 465 g/mol. The van der Waals surface area contributed by atoms with Gasteiger partial charge in [-0.2, -0.15) is 0 Å². The van der Waals surface area contributed by atoms with Crippen LogP contribution in [0.15, 0.2) is 52.7 Å². The normalized spacial score (nSPS) is 15.5. The Kier molecular flexibility index (Phi) is 6.14. The van der Waals surface area contributed by atoms with Crippen LogP contribution in [0, 0.1) is 5.82 Å². The fourth-order valence-corrected chi connectivity index (χ4v) is 6.85. The molecule has 1 aliphatic heterocycles. The first-order chi connectivity index (χ1) is 14.4. The van der Waals surface area contributed by atoms with Crippen molar-refractivity contribution in [2.75, 3.05) is 18.0 Å². The van der Waals surface area contributed by atoms with Gasteiger partial charge < -0.3 is 4.90 Å². The molecule has 0 N–H and O–H groups in total. The molecule has 8 heteroatoms. The summed E-state index contributed by atoms with van der Waals surface area (Å²) in [7, 11) is -3.60. The second-order valence-corrected chi connectivity index (χ2v) is 10.8. The van der Waals surface area contributed by atoms with Crippen LogP contribution in [0.3, 0.4) is 0 Å². The Labute approximate surface area is 185 Å². The summed E-state index contributed by atoms with van der Waals surface area (Å²) >= 11 is 7.57. The van der Waals surface area contributed by atoms with E-state index in [0.717, 1.165) is 34.9 Å². The van der Waals surface area contributed by atoms with E-state index in [1.807, 2.05) is 5.38 Å². The third-order valence-corrected chi connectivity index (χ3v) is 9.15. The summed E-state index contributed by atoms with van der Waals surface area (Å²) in [5.74, 6) is -0.544. The molecule has 1 fully saturated rings. The molecule has 0 saturated carbocycles. The number of aryl methyl sites for hydroxylation is 1. The minimum atomic E-state index is -3.60. The zero-order chi connectivity index (χ0) is 21.3. The minimum absolute atomic E-state index is 0.0103. The van der Waals surface area contributed by atoms with Gasteiger partial charge in [-0.05, 0) is 43.0 Å². The average Bonchev–Trinajstić information content (AvgIpc) is 3.24. The second-order valence-electron chi connectivity index (χ2n) is 7.37. The fraction of sp³-hybridized carbons (Fsp3) is 0.318. The van der Waals surface area contributed by atoms with E-state index in [2.05, 4.69) is 36.1 Å². The molecule has 0 bridgehead atoms. The highest BCUT2D eigenvalue weighted by atomic mass is 35.5.